The monoisotopic (exact) mass is 264 g/mol. The Kier molecular flexibility index (Phi) is 3.58. The molecule has 100 valence electrons. The van der Waals surface area contributed by atoms with Crippen molar-refractivity contribution in [3.8, 4) is 0 Å². The highest BCUT2D eigenvalue weighted by Crippen LogP contribution is 2.40. The molecular formula is C10H20N2O4S. The van der Waals surface area contributed by atoms with Crippen LogP contribution >= 0.6 is 0 Å². The third-order valence-corrected chi connectivity index (χ3v) is 4.20. The Balaban J connectivity index is 2.84. The van der Waals surface area contributed by atoms with Gasteiger partial charge < -0.3 is 5.11 Å². The fourth-order valence-electron chi connectivity index (χ4n) is 1.67. The molecule has 3 N–H and O–H groups in total. The molecule has 0 spiro atoms. The average molecular weight is 264 g/mol. The standard InChI is InChI=1S/C10H20N2O4S/c1-9(2,3)11-17(15,16)12-10(4,8(13)14)7-5-6-7/h7,11-12H,5-6H2,1-4H3,(H,13,14). The first-order valence-corrected chi connectivity index (χ1v) is 7.01. The number of carboxylic acid groups (broad SMARTS) is 1. The fraction of sp³-hybridized carbons (Fsp3) is 0.900. The Labute approximate surface area is 102 Å². The second kappa shape index (κ2) is 4.22. The molecule has 0 aliphatic heterocycles. The lowest BCUT2D eigenvalue weighted by atomic mass is 9.98. The molecule has 0 aromatic carbocycles. The van der Waals surface area contributed by atoms with Gasteiger partial charge in [-0.05, 0) is 46.5 Å². The van der Waals surface area contributed by atoms with E-state index in [1.54, 1.807) is 20.8 Å². The van der Waals surface area contributed by atoms with Crippen LogP contribution in [-0.2, 0) is 15.0 Å². The SMILES string of the molecule is CC(C)(C)NS(=O)(=O)NC(C)(C(=O)O)C1CC1. The van der Waals surface area contributed by atoms with Crippen molar-refractivity contribution in [1.82, 2.24) is 9.44 Å². The molecule has 0 amide bonds. The molecule has 6 nitrogen and oxygen atoms in total. The van der Waals surface area contributed by atoms with Crippen molar-refractivity contribution in [2.75, 3.05) is 0 Å². The molecule has 1 rings (SSSR count). The third kappa shape index (κ3) is 3.93. The highest BCUT2D eigenvalue weighted by atomic mass is 32.2. The van der Waals surface area contributed by atoms with E-state index in [-0.39, 0.29) is 5.92 Å². The van der Waals surface area contributed by atoms with Gasteiger partial charge in [0.05, 0.1) is 0 Å². The summed E-state index contributed by atoms with van der Waals surface area (Å²) in [5.74, 6) is -1.27. The number of carboxylic acids is 1. The van der Waals surface area contributed by atoms with E-state index in [1.807, 2.05) is 0 Å². The molecule has 0 radical (unpaired) electrons. The zero-order valence-electron chi connectivity index (χ0n) is 10.6. The lowest BCUT2D eigenvalue weighted by molar-refractivity contribution is -0.144. The number of hydrogen-bond acceptors (Lipinski definition) is 3. The maximum atomic E-state index is 11.8. The van der Waals surface area contributed by atoms with E-state index in [4.69, 9.17) is 5.11 Å². The van der Waals surface area contributed by atoms with Crippen molar-refractivity contribution in [3.05, 3.63) is 0 Å². The van der Waals surface area contributed by atoms with Crippen molar-refractivity contribution in [3.63, 3.8) is 0 Å². The molecule has 1 saturated carbocycles. The van der Waals surface area contributed by atoms with Crippen molar-refractivity contribution < 1.29 is 18.3 Å². The molecule has 0 aromatic rings. The lowest BCUT2D eigenvalue weighted by Gasteiger charge is -2.28. The topological polar surface area (TPSA) is 95.5 Å². The van der Waals surface area contributed by atoms with Crippen LogP contribution in [-0.4, -0.2) is 30.6 Å². The molecule has 17 heavy (non-hydrogen) atoms. The molecule has 1 fully saturated rings. The van der Waals surface area contributed by atoms with Gasteiger partial charge in [-0.15, -0.1) is 0 Å². The quantitative estimate of drug-likeness (QED) is 0.672. The lowest BCUT2D eigenvalue weighted by Crippen LogP contribution is -2.59. The van der Waals surface area contributed by atoms with E-state index in [9.17, 15) is 13.2 Å². The summed E-state index contributed by atoms with van der Waals surface area (Å²) in [5, 5.41) is 9.15. The Hall–Kier alpha value is -0.660. The van der Waals surface area contributed by atoms with Crippen molar-refractivity contribution in [2.24, 2.45) is 5.92 Å². The smallest absolute Gasteiger partial charge is 0.324 e. The maximum absolute atomic E-state index is 11.8. The zero-order valence-corrected chi connectivity index (χ0v) is 11.4. The highest BCUT2D eigenvalue weighted by molar-refractivity contribution is 7.87. The van der Waals surface area contributed by atoms with Crippen molar-refractivity contribution in [1.29, 1.82) is 0 Å². The van der Waals surface area contributed by atoms with Gasteiger partial charge in [-0.1, -0.05) is 0 Å². The molecule has 0 heterocycles. The van der Waals surface area contributed by atoms with Gasteiger partial charge in [0.15, 0.2) is 0 Å². The van der Waals surface area contributed by atoms with E-state index in [1.165, 1.54) is 6.92 Å². The van der Waals surface area contributed by atoms with E-state index in [0.29, 0.717) is 0 Å². The summed E-state index contributed by atoms with van der Waals surface area (Å²) in [6, 6.07) is 0. The van der Waals surface area contributed by atoms with Crippen LogP contribution in [0.4, 0.5) is 0 Å². The summed E-state index contributed by atoms with van der Waals surface area (Å²) in [6.45, 7) is 6.50. The van der Waals surface area contributed by atoms with Crippen LogP contribution in [0, 0.1) is 5.92 Å². The molecular weight excluding hydrogens is 244 g/mol. The summed E-state index contributed by atoms with van der Waals surface area (Å²) in [7, 11) is -3.83. The first kappa shape index (κ1) is 14.4. The molecule has 1 atom stereocenters. The number of carbonyl (C=O) groups is 1. The molecule has 0 saturated heterocycles. The summed E-state index contributed by atoms with van der Waals surface area (Å²) in [4.78, 5) is 11.2. The van der Waals surface area contributed by atoms with Gasteiger partial charge in [-0.3, -0.25) is 4.79 Å². The Morgan fingerprint density at radius 1 is 1.18 bits per heavy atom. The average Bonchev–Trinajstić information content (AvgIpc) is 2.78. The highest BCUT2D eigenvalue weighted by Gasteiger charge is 2.50. The van der Waals surface area contributed by atoms with E-state index < -0.39 is 27.3 Å². The predicted molar refractivity (Wildman–Crippen MR) is 63.7 cm³/mol. The van der Waals surface area contributed by atoms with Gasteiger partial charge in [0.25, 0.3) is 10.2 Å². The van der Waals surface area contributed by atoms with Crippen LogP contribution in [0.15, 0.2) is 0 Å². The molecule has 7 heteroatoms. The Bertz CT molecular complexity index is 409. The summed E-state index contributed by atoms with van der Waals surface area (Å²) < 4.78 is 28.3. The van der Waals surface area contributed by atoms with Gasteiger partial charge in [-0.25, -0.2) is 0 Å². The van der Waals surface area contributed by atoms with Crippen LogP contribution in [0.5, 0.6) is 0 Å². The van der Waals surface area contributed by atoms with Crippen LogP contribution in [0.2, 0.25) is 0 Å². The first-order chi connectivity index (χ1) is 7.46. The van der Waals surface area contributed by atoms with Crippen LogP contribution < -0.4 is 9.44 Å². The zero-order chi connectivity index (χ0) is 13.5. The molecule has 1 aliphatic rings. The van der Waals surface area contributed by atoms with Gasteiger partial charge in [-0.2, -0.15) is 17.9 Å². The Morgan fingerprint density at radius 3 is 1.94 bits per heavy atom. The minimum absolute atomic E-state index is 0.128. The second-order valence-electron chi connectivity index (χ2n) is 5.74. The number of nitrogens with one attached hydrogen (secondary N) is 2. The van der Waals surface area contributed by atoms with Gasteiger partial charge in [0.2, 0.25) is 0 Å². The van der Waals surface area contributed by atoms with Gasteiger partial charge in [0, 0.05) is 5.54 Å². The van der Waals surface area contributed by atoms with E-state index in [0.717, 1.165) is 12.8 Å². The number of rotatable bonds is 5. The normalized spacial score (nSPS) is 20.9. The molecule has 0 bridgehead atoms. The summed E-state index contributed by atoms with van der Waals surface area (Å²) >= 11 is 0. The summed E-state index contributed by atoms with van der Waals surface area (Å²) in [5.41, 5.74) is -2.06. The predicted octanol–water partition coefficient (Wildman–Crippen LogP) is 0.462. The number of hydrogen-bond donors (Lipinski definition) is 3. The third-order valence-electron chi connectivity index (χ3n) is 2.63. The minimum atomic E-state index is -3.83. The molecule has 1 unspecified atom stereocenters. The van der Waals surface area contributed by atoms with Crippen molar-refractivity contribution >= 4 is 16.2 Å². The summed E-state index contributed by atoms with van der Waals surface area (Å²) in [6.07, 6.45) is 1.47. The molecule has 0 aromatic heterocycles. The fourth-order valence-corrected chi connectivity index (χ4v) is 3.34. The largest absolute Gasteiger partial charge is 0.480 e. The van der Waals surface area contributed by atoms with Crippen LogP contribution in [0.3, 0.4) is 0 Å². The van der Waals surface area contributed by atoms with E-state index >= 15 is 0 Å². The Morgan fingerprint density at radius 2 is 1.65 bits per heavy atom. The van der Waals surface area contributed by atoms with E-state index in [2.05, 4.69) is 9.44 Å². The van der Waals surface area contributed by atoms with Crippen LogP contribution in [0.1, 0.15) is 40.5 Å². The minimum Gasteiger partial charge on any atom is -0.480 e. The van der Waals surface area contributed by atoms with Gasteiger partial charge >= 0.3 is 5.97 Å². The van der Waals surface area contributed by atoms with Gasteiger partial charge in [0.1, 0.15) is 5.54 Å². The first-order valence-electron chi connectivity index (χ1n) is 5.52. The number of aliphatic carboxylic acids is 1. The second-order valence-corrected chi connectivity index (χ2v) is 7.15. The maximum Gasteiger partial charge on any atom is 0.324 e. The van der Waals surface area contributed by atoms with Crippen LogP contribution in [0.25, 0.3) is 0 Å². The van der Waals surface area contributed by atoms with Crippen molar-refractivity contribution in [2.45, 2.75) is 51.6 Å². The molecule has 1 aliphatic carbocycles.